The van der Waals surface area contributed by atoms with Gasteiger partial charge >= 0.3 is 0 Å². The Morgan fingerprint density at radius 1 is 1.33 bits per heavy atom. The van der Waals surface area contributed by atoms with Crippen LogP contribution < -0.4 is 0 Å². The normalized spacial score (nSPS) is 11.1. The molecule has 1 aromatic rings. The van der Waals surface area contributed by atoms with Crippen LogP contribution in [-0.2, 0) is 15.6 Å². The number of hydrogen-bond donors (Lipinski definition) is 0. The first-order chi connectivity index (χ1) is 6.99. The third kappa shape index (κ3) is 4.79. The molecule has 1 aromatic carbocycles. The fourth-order valence-corrected chi connectivity index (χ4v) is 3.06. The van der Waals surface area contributed by atoms with Crippen LogP contribution in [-0.4, -0.2) is 14.3 Å². The van der Waals surface area contributed by atoms with Crippen LogP contribution in [0.3, 0.4) is 0 Å². The highest BCUT2D eigenvalue weighted by molar-refractivity contribution is 6.72. The van der Waals surface area contributed by atoms with Gasteiger partial charge in [-0.3, -0.25) is 4.79 Å². The standard InChI is InChI=1S/C12H17O2Si/c1-11(13)14-15(2,3)10-9-12-7-5-4-6-8-12/h4-8H,1,9-10H2,2-3H3. The Balaban J connectivity index is 2.46. The lowest BCUT2D eigenvalue weighted by molar-refractivity contribution is -0.130. The van der Waals surface area contributed by atoms with Crippen LogP contribution >= 0.6 is 0 Å². The number of benzene rings is 1. The zero-order chi connectivity index (χ0) is 11.3. The molecule has 2 nitrogen and oxygen atoms in total. The molecular formula is C12H17O2Si. The van der Waals surface area contributed by atoms with Crippen LogP contribution in [0.4, 0.5) is 0 Å². The average molecular weight is 221 g/mol. The fraction of sp³-hybridized carbons (Fsp3) is 0.333. The van der Waals surface area contributed by atoms with Crippen LogP contribution in [0, 0.1) is 6.92 Å². The van der Waals surface area contributed by atoms with Crippen molar-refractivity contribution in [3.05, 3.63) is 42.8 Å². The van der Waals surface area contributed by atoms with E-state index in [1.807, 2.05) is 31.3 Å². The van der Waals surface area contributed by atoms with E-state index in [9.17, 15) is 4.79 Å². The Morgan fingerprint density at radius 2 is 1.93 bits per heavy atom. The molecule has 0 spiro atoms. The first kappa shape index (κ1) is 12.0. The summed E-state index contributed by atoms with van der Waals surface area (Å²) in [5, 5.41) is 0. The molecule has 0 fully saturated rings. The van der Waals surface area contributed by atoms with Crippen molar-refractivity contribution >= 4 is 14.3 Å². The molecule has 0 heterocycles. The summed E-state index contributed by atoms with van der Waals surface area (Å²) in [5.41, 5.74) is 1.29. The van der Waals surface area contributed by atoms with Gasteiger partial charge in [-0.25, -0.2) is 0 Å². The van der Waals surface area contributed by atoms with Gasteiger partial charge in [0.25, 0.3) is 5.97 Å². The Hall–Kier alpha value is -1.09. The number of rotatable bonds is 4. The molecule has 0 bridgehead atoms. The molecule has 0 unspecified atom stereocenters. The number of aryl methyl sites for hydroxylation is 1. The molecule has 0 aliphatic rings. The van der Waals surface area contributed by atoms with Gasteiger partial charge in [0.1, 0.15) is 0 Å². The van der Waals surface area contributed by atoms with Crippen LogP contribution in [0.15, 0.2) is 30.3 Å². The molecule has 1 radical (unpaired) electrons. The second kappa shape index (κ2) is 5.12. The fourth-order valence-electron chi connectivity index (χ4n) is 1.45. The third-order valence-electron chi connectivity index (χ3n) is 2.25. The topological polar surface area (TPSA) is 26.3 Å². The zero-order valence-corrected chi connectivity index (χ0v) is 10.3. The molecule has 15 heavy (non-hydrogen) atoms. The van der Waals surface area contributed by atoms with Crippen molar-refractivity contribution in [2.75, 3.05) is 0 Å². The SMILES string of the molecule is [CH2]C(=O)O[Si](C)(C)CCc1ccccc1. The lowest BCUT2D eigenvalue weighted by Crippen LogP contribution is -2.32. The maximum atomic E-state index is 10.8. The van der Waals surface area contributed by atoms with E-state index in [1.54, 1.807) is 0 Å². The van der Waals surface area contributed by atoms with Crippen LogP contribution in [0.25, 0.3) is 0 Å². The predicted molar refractivity (Wildman–Crippen MR) is 63.9 cm³/mol. The Morgan fingerprint density at radius 3 is 2.47 bits per heavy atom. The summed E-state index contributed by atoms with van der Waals surface area (Å²) in [6.45, 7) is 7.33. The molecular weight excluding hydrogens is 204 g/mol. The van der Waals surface area contributed by atoms with Crippen LogP contribution in [0.5, 0.6) is 0 Å². The van der Waals surface area contributed by atoms with Gasteiger partial charge in [0.05, 0.1) is 6.92 Å². The zero-order valence-electron chi connectivity index (χ0n) is 9.32. The first-order valence-electron chi connectivity index (χ1n) is 5.08. The van der Waals surface area contributed by atoms with E-state index in [4.69, 9.17) is 4.43 Å². The number of carbonyl (C=O) groups excluding carboxylic acids is 1. The number of carbonyl (C=O) groups is 1. The molecule has 81 valence electrons. The highest BCUT2D eigenvalue weighted by atomic mass is 28.4. The minimum atomic E-state index is -1.86. The van der Waals surface area contributed by atoms with E-state index in [2.05, 4.69) is 19.1 Å². The van der Waals surface area contributed by atoms with Crippen molar-refractivity contribution in [2.24, 2.45) is 0 Å². The monoisotopic (exact) mass is 221 g/mol. The van der Waals surface area contributed by atoms with E-state index in [0.29, 0.717) is 0 Å². The third-order valence-corrected chi connectivity index (χ3v) is 4.48. The summed E-state index contributed by atoms with van der Waals surface area (Å²) in [6, 6.07) is 11.2. The van der Waals surface area contributed by atoms with Gasteiger partial charge in [0, 0.05) is 0 Å². The summed E-state index contributed by atoms with van der Waals surface area (Å²) in [5.74, 6) is -0.403. The lowest BCUT2D eigenvalue weighted by Gasteiger charge is -2.21. The smallest absolute Gasteiger partial charge is 0.293 e. The Bertz CT molecular complexity index is 320. The van der Waals surface area contributed by atoms with Gasteiger partial charge < -0.3 is 4.43 Å². The van der Waals surface area contributed by atoms with E-state index in [0.717, 1.165) is 12.5 Å². The minimum Gasteiger partial charge on any atom is -0.520 e. The highest BCUT2D eigenvalue weighted by Gasteiger charge is 2.24. The molecule has 0 N–H and O–H groups in total. The van der Waals surface area contributed by atoms with Crippen molar-refractivity contribution < 1.29 is 9.22 Å². The summed E-state index contributed by atoms with van der Waals surface area (Å²) >= 11 is 0. The quantitative estimate of drug-likeness (QED) is 0.731. The second-order valence-electron chi connectivity index (χ2n) is 4.22. The van der Waals surface area contributed by atoms with E-state index in [-0.39, 0.29) is 0 Å². The van der Waals surface area contributed by atoms with E-state index < -0.39 is 14.3 Å². The van der Waals surface area contributed by atoms with Gasteiger partial charge in [-0.15, -0.1) is 0 Å². The van der Waals surface area contributed by atoms with Crippen molar-refractivity contribution in [3.8, 4) is 0 Å². The molecule has 0 atom stereocenters. The van der Waals surface area contributed by atoms with Gasteiger partial charge in [0.2, 0.25) is 8.32 Å². The largest absolute Gasteiger partial charge is 0.520 e. The van der Waals surface area contributed by atoms with Crippen molar-refractivity contribution in [2.45, 2.75) is 25.6 Å². The predicted octanol–water partition coefficient (Wildman–Crippen LogP) is 2.81. The van der Waals surface area contributed by atoms with Crippen molar-refractivity contribution in [1.82, 2.24) is 0 Å². The number of hydrogen-bond acceptors (Lipinski definition) is 2. The second-order valence-corrected chi connectivity index (χ2v) is 8.44. The van der Waals surface area contributed by atoms with Gasteiger partial charge in [-0.05, 0) is 31.1 Å². The summed E-state index contributed by atoms with van der Waals surface area (Å²) < 4.78 is 5.25. The van der Waals surface area contributed by atoms with E-state index in [1.165, 1.54) is 5.56 Å². The highest BCUT2D eigenvalue weighted by Crippen LogP contribution is 2.15. The van der Waals surface area contributed by atoms with Gasteiger partial charge in [-0.1, -0.05) is 30.3 Å². The molecule has 1 rings (SSSR count). The maximum Gasteiger partial charge on any atom is 0.293 e. The van der Waals surface area contributed by atoms with Crippen molar-refractivity contribution in [3.63, 3.8) is 0 Å². The molecule has 0 saturated carbocycles. The maximum absolute atomic E-state index is 10.8. The van der Waals surface area contributed by atoms with Gasteiger partial charge in [-0.2, -0.15) is 0 Å². The summed E-state index contributed by atoms with van der Waals surface area (Å²) in [4.78, 5) is 10.8. The Kier molecular flexibility index (Phi) is 4.09. The Labute approximate surface area is 92.4 Å². The molecule has 0 aliphatic carbocycles. The average Bonchev–Trinajstić information content (AvgIpc) is 2.15. The summed E-state index contributed by atoms with van der Waals surface area (Å²) in [7, 11) is -1.86. The molecule has 0 aliphatic heterocycles. The molecule has 0 aromatic heterocycles. The molecule has 0 saturated heterocycles. The minimum absolute atomic E-state index is 0.403. The lowest BCUT2D eigenvalue weighted by atomic mass is 10.2. The molecule has 0 amide bonds. The summed E-state index contributed by atoms with van der Waals surface area (Å²) in [6.07, 6.45) is 0.966. The van der Waals surface area contributed by atoms with E-state index >= 15 is 0 Å². The first-order valence-corrected chi connectivity index (χ1v) is 8.20. The van der Waals surface area contributed by atoms with Crippen LogP contribution in [0.1, 0.15) is 5.56 Å². The van der Waals surface area contributed by atoms with Crippen molar-refractivity contribution in [1.29, 1.82) is 0 Å². The van der Waals surface area contributed by atoms with Crippen LogP contribution in [0.2, 0.25) is 19.1 Å². The van der Waals surface area contributed by atoms with Gasteiger partial charge in [0.15, 0.2) is 0 Å². The molecule has 3 heteroatoms.